The first-order chi connectivity index (χ1) is 24.7. The van der Waals surface area contributed by atoms with Gasteiger partial charge in [0.1, 0.15) is 5.75 Å². The molecule has 274 valence electrons. The smallest absolute Gasteiger partial charge is 0.261 e. The highest BCUT2D eigenvalue weighted by atomic mass is 28.4. The van der Waals surface area contributed by atoms with Crippen LogP contribution in [0.25, 0.3) is 11.0 Å². The molecule has 3 aliphatic rings. The number of piperidine rings is 1. The first-order valence-corrected chi connectivity index (χ1v) is 21.8. The maximum absolute atomic E-state index is 7.76. The molecule has 3 aromatic carbocycles. The molecule has 3 fully saturated rings. The van der Waals surface area contributed by atoms with E-state index >= 15 is 0 Å². The van der Waals surface area contributed by atoms with Crippen molar-refractivity contribution in [1.29, 1.82) is 0 Å². The summed E-state index contributed by atoms with van der Waals surface area (Å²) in [6.07, 6.45) is 12.5. The molecule has 2 heterocycles. The van der Waals surface area contributed by atoms with Crippen LogP contribution >= 0.6 is 0 Å². The van der Waals surface area contributed by atoms with Gasteiger partial charge in [-0.25, -0.2) is 0 Å². The molecule has 1 aromatic heterocycles. The molecule has 0 unspecified atom stereocenters. The maximum Gasteiger partial charge on any atom is 0.261 e. The van der Waals surface area contributed by atoms with E-state index in [0.717, 1.165) is 65.9 Å². The molecule has 2 atom stereocenters. The average Bonchev–Trinajstić information content (AvgIpc) is 3.87. The Morgan fingerprint density at radius 3 is 2.12 bits per heavy atom. The second-order valence-electron chi connectivity index (χ2n) is 17.2. The SMILES string of the molecule is CN(C)Cc1c(OCC2CC2)ccc2c(CCC3CCN(C[C@@H]4CCCC[C@H]4O[Si](c4ccccc4)(c4ccccc4)C(C)(C)C)CC3)noc12. The van der Waals surface area contributed by atoms with Crippen molar-refractivity contribution in [2.45, 2.75) is 103 Å². The topological polar surface area (TPSA) is 51.0 Å². The van der Waals surface area contributed by atoms with E-state index in [1.165, 1.54) is 81.3 Å². The molecule has 2 saturated carbocycles. The molecule has 7 heteroatoms. The molecule has 1 aliphatic heterocycles. The van der Waals surface area contributed by atoms with Crippen LogP contribution in [-0.2, 0) is 17.4 Å². The van der Waals surface area contributed by atoms with E-state index < -0.39 is 8.32 Å². The van der Waals surface area contributed by atoms with Gasteiger partial charge in [0, 0.05) is 24.6 Å². The zero-order chi connectivity index (χ0) is 35.4. The van der Waals surface area contributed by atoms with Crippen molar-refractivity contribution in [3.8, 4) is 5.75 Å². The van der Waals surface area contributed by atoms with E-state index in [4.69, 9.17) is 13.7 Å². The first kappa shape index (κ1) is 36.4. The molecule has 2 aliphatic carbocycles. The lowest BCUT2D eigenvalue weighted by atomic mass is 9.85. The summed E-state index contributed by atoms with van der Waals surface area (Å²) in [5, 5.41) is 8.57. The van der Waals surface area contributed by atoms with E-state index in [9.17, 15) is 0 Å². The van der Waals surface area contributed by atoms with Crippen molar-refractivity contribution in [3.63, 3.8) is 0 Å². The predicted octanol–water partition coefficient (Wildman–Crippen LogP) is 8.46. The number of ether oxygens (including phenoxy) is 1. The fourth-order valence-electron chi connectivity index (χ4n) is 8.95. The Morgan fingerprint density at radius 2 is 1.49 bits per heavy atom. The van der Waals surface area contributed by atoms with Gasteiger partial charge in [0.25, 0.3) is 8.32 Å². The largest absolute Gasteiger partial charge is 0.493 e. The normalized spacial score (nSPS) is 21.1. The fourth-order valence-corrected chi connectivity index (χ4v) is 13.7. The van der Waals surface area contributed by atoms with Gasteiger partial charge in [-0.1, -0.05) is 99.4 Å². The summed E-state index contributed by atoms with van der Waals surface area (Å²) >= 11 is 0. The van der Waals surface area contributed by atoms with Gasteiger partial charge in [-0.3, -0.25) is 0 Å². The summed E-state index contributed by atoms with van der Waals surface area (Å²) in [7, 11) is 1.63. The number of benzene rings is 3. The Morgan fingerprint density at radius 1 is 0.824 bits per heavy atom. The number of fused-ring (bicyclic) bond motifs is 1. The predicted molar refractivity (Wildman–Crippen MR) is 212 cm³/mol. The minimum atomic E-state index is -2.58. The van der Waals surface area contributed by atoms with Crippen molar-refractivity contribution in [1.82, 2.24) is 15.0 Å². The van der Waals surface area contributed by atoms with Crippen molar-refractivity contribution >= 4 is 29.7 Å². The Bertz CT molecular complexity index is 1650. The summed E-state index contributed by atoms with van der Waals surface area (Å²) in [6.45, 7) is 12.3. The molecule has 4 aromatic rings. The van der Waals surface area contributed by atoms with Gasteiger partial charge in [-0.15, -0.1) is 0 Å². The Labute approximate surface area is 308 Å². The molecule has 0 amide bonds. The van der Waals surface area contributed by atoms with Gasteiger partial charge in [-0.05, 0) is 124 Å². The quantitative estimate of drug-likeness (QED) is 0.123. The number of aromatic nitrogens is 1. The van der Waals surface area contributed by atoms with Gasteiger partial charge in [-0.2, -0.15) is 0 Å². The maximum atomic E-state index is 7.76. The highest BCUT2D eigenvalue weighted by Crippen LogP contribution is 2.41. The van der Waals surface area contributed by atoms with Crippen LogP contribution in [0.5, 0.6) is 5.75 Å². The van der Waals surface area contributed by atoms with E-state index in [2.05, 4.69) is 123 Å². The third kappa shape index (κ3) is 8.32. The highest BCUT2D eigenvalue weighted by molar-refractivity contribution is 6.99. The number of hydrogen-bond acceptors (Lipinski definition) is 6. The molecule has 1 saturated heterocycles. The molecular weight excluding hydrogens is 647 g/mol. The Balaban J connectivity index is 0.988. The van der Waals surface area contributed by atoms with Crippen LogP contribution in [0.15, 0.2) is 77.3 Å². The lowest BCUT2D eigenvalue weighted by molar-refractivity contribution is 0.0480. The lowest BCUT2D eigenvalue weighted by Gasteiger charge is -2.48. The fraction of sp³-hybridized carbons (Fsp3) is 0.568. The standard InChI is InChI=1S/C44H61N3O3Si/c1-44(2,3)51(36-15-8-6-9-16-36,37-17-10-7-11-18-37)50-41-19-13-12-14-35(41)30-47-28-26-33(27-29-47)22-24-40-38-23-25-42(48-32-34-20-21-34)39(31-46(4)5)43(38)49-45-40/h6-11,15-18,23,25,33-35,41H,12-14,19-22,24,26-32H2,1-5H3/t35-,41+/m0/s1. The van der Waals surface area contributed by atoms with Gasteiger partial charge < -0.3 is 23.5 Å². The summed E-state index contributed by atoms with van der Waals surface area (Å²) in [4.78, 5) is 4.95. The molecule has 0 radical (unpaired) electrons. The van der Waals surface area contributed by atoms with Crippen LogP contribution in [0.4, 0.5) is 0 Å². The van der Waals surface area contributed by atoms with Crippen molar-refractivity contribution in [2.75, 3.05) is 40.3 Å². The van der Waals surface area contributed by atoms with Crippen LogP contribution < -0.4 is 15.1 Å². The summed E-state index contributed by atoms with van der Waals surface area (Å²) < 4.78 is 20.0. The van der Waals surface area contributed by atoms with Gasteiger partial charge in [0.2, 0.25) is 0 Å². The van der Waals surface area contributed by atoms with Gasteiger partial charge >= 0.3 is 0 Å². The zero-order valence-corrected chi connectivity index (χ0v) is 32.9. The second kappa shape index (κ2) is 16.0. The highest BCUT2D eigenvalue weighted by Gasteiger charge is 2.52. The van der Waals surface area contributed by atoms with Crippen LogP contribution in [0.1, 0.15) is 89.8 Å². The van der Waals surface area contributed by atoms with Crippen LogP contribution in [-0.4, -0.2) is 69.7 Å². The summed E-state index contributed by atoms with van der Waals surface area (Å²) in [5.74, 6) is 2.98. The van der Waals surface area contributed by atoms with E-state index in [-0.39, 0.29) is 5.04 Å². The molecule has 0 spiro atoms. The third-order valence-corrected chi connectivity index (χ3v) is 17.1. The molecule has 6 nitrogen and oxygen atoms in total. The van der Waals surface area contributed by atoms with E-state index in [1.54, 1.807) is 0 Å². The number of rotatable bonds is 14. The number of aryl methyl sites for hydroxylation is 1. The first-order valence-electron chi connectivity index (χ1n) is 19.9. The number of nitrogens with zero attached hydrogens (tertiary/aromatic N) is 3. The zero-order valence-electron chi connectivity index (χ0n) is 31.9. The van der Waals surface area contributed by atoms with Crippen LogP contribution in [0, 0.1) is 17.8 Å². The van der Waals surface area contributed by atoms with Crippen molar-refractivity contribution in [3.05, 3.63) is 84.1 Å². The monoisotopic (exact) mass is 707 g/mol. The lowest BCUT2D eigenvalue weighted by Crippen LogP contribution is -2.68. The molecular formula is C44H61N3O3Si. The Kier molecular flexibility index (Phi) is 11.4. The van der Waals surface area contributed by atoms with Crippen molar-refractivity contribution < 1.29 is 13.7 Å². The number of likely N-dealkylation sites (tertiary alicyclic amines) is 1. The average molecular weight is 708 g/mol. The van der Waals surface area contributed by atoms with Crippen LogP contribution in [0.2, 0.25) is 5.04 Å². The summed E-state index contributed by atoms with van der Waals surface area (Å²) in [6, 6.07) is 26.7. The Hall–Kier alpha value is -2.97. The summed E-state index contributed by atoms with van der Waals surface area (Å²) in [5.41, 5.74) is 3.14. The molecule has 0 bridgehead atoms. The second-order valence-corrected chi connectivity index (χ2v) is 21.4. The molecule has 0 N–H and O–H groups in total. The minimum absolute atomic E-state index is 0.00521. The third-order valence-electron chi connectivity index (χ3n) is 12.0. The van der Waals surface area contributed by atoms with Gasteiger partial charge in [0.15, 0.2) is 5.58 Å². The van der Waals surface area contributed by atoms with E-state index in [0.29, 0.717) is 12.0 Å². The molecule has 7 rings (SSSR count). The van der Waals surface area contributed by atoms with E-state index in [1.807, 2.05) is 0 Å². The van der Waals surface area contributed by atoms with Gasteiger partial charge in [0.05, 0.1) is 17.9 Å². The molecule has 51 heavy (non-hydrogen) atoms. The minimum Gasteiger partial charge on any atom is -0.493 e. The van der Waals surface area contributed by atoms with Crippen molar-refractivity contribution in [2.24, 2.45) is 17.8 Å². The van der Waals surface area contributed by atoms with Crippen LogP contribution in [0.3, 0.4) is 0 Å². The number of hydrogen-bond donors (Lipinski definition) is 0.